The first-order valence-electron chi connectivity index (χ1n) is 36.9. The molecule has 0 saturated carbocycles. The van der Waals surface area contributed by atoms with Crippen molar-refractivity contribution in [1.29, 1.82) is 10.8 Å². The second-order valence-electron chi connectivity index (χ2n) is 26.2. The van der Waals surface area contributed by atoms with Gasteiger partial charge in [-0.3, -0.25) is 4.79 Å². The molecule has 0 atom stereocenters. The maximum absolute atomic E-state index is 13.2. The maximum Gasteiger partial charge on any atom is 0.268 e. The Labute approximate surface area is 673 Å². The number of hydrogen-bond donors (Lipinski definition) is 11. The number of aliphatic hydroxyl groups excluding tert-OH is 1. The fraction of sp³-hybridized carbons (Fsp3) is 0.198. The number of hydrogen-bond acceptors (Lipinski definition) is 25. The molecule has 590 valence electrons. The van der Waals surface area contributed by atoms with Crippen LogP contribution in [0.2, 0.25) is 5.02 Å². The van der Waals surface area contributed by atoms with Crippen LogP contribution in [-0.2, 0) is 48.7 Å². The van der Waals surface area contributed by atoms with Crippen LogP contribution in [0.1, 0.15) is 108 Å². The summed E-state index contributed by atoms with van der Waals surface area (Å²) in [5, 5.41) is 28.1. The highest BCUT2D eigenvalue weighted by Crippen LogP contribution is 2.35. The summed E-state index contributed by atoms with van der Waals surface area (Å²) in [6.07, 6.45) is 10.1. The summed E-state index contributed by atoms with van der Waals surface area (Å²) in [5.41, 5.74) is 57.8. The SMILES string of the molecule is CCc1cc(-c2cc(C=N)c(C)cc2C)nc(N)n1.CCc1cc(-c2ccc(=O)[nH]c2)nc(N)n1.CCc1cc(-c2ccc(C)c(C=N)c2C)nc(N)n1.CCc1cc(-c2ccc(CO)cc2)nc(N)n1.CCc1cc(-c2ccccc2C)nc(N)n1.CNc1cc(-c2cn(S(=O)(=O)c3ccc(Cl)cc3)c3ccccc23)nc(N)n1. The van der Waals surface area contributed by atoms with Crippen LogP contribution >= 0.6 is 11.6 Å². The Morgan fingerprint density at radius 3 is 1.41 bits per heavy atom. The molecule has 14 rings (SSSR count). The molecule has 14 aromatic rings. The van der Waals surface area contributed by atoms with Gasteiger partial charge in [-0.05, 0) is 184 Å². The molecular weight excluding hydrogens is 1490 g/mol. The van der Waals surface area contributed by atoms with E-state index in [4.69, 9.17) is 61.9 Å². The van der Waals surface area contributed by atoms with E-state index in [1.165, 1.54) is 40.2 Å². The number of pyridine rings is 1. The van der Waals surface area contributed by atoms with Gasteiger partial charge in [-0.25, -0.2) is 67.2 Å². The lowest BCUT2D eigenvalue weighted by atomic mass is 9.96. The van der Waals surface area contributed by atoms with E-state index in [9.17, 15) is 13.2 Å². The van der Waals surface area contributed by atoms with E-state index < -0.39 is 10.0 Å². The van der Waals surface area contributed by atoms with Gasteiger partial charge >= 0.3 is 0 Å². The number of nitrogens with two attached hydrogens (primary N) is 6. The van der Waals surface area contributed by atoms with Crippen molar-refractivity contribution in [3.8, 4) is 67.5 Å². The van der Waals surface area contributed by atoms with E-state index in [-0.39, 0.29) is 29.0 Å². The molecule has 0 aliphatic carbocycles. The highest BCUT2D eigenvalue weighted by Gasteiger charge is 2.23. The second kappa shape index (κ2) is 39.6. The number of halogens is 1. The molecule has 29 heteroatoms. The summed E-state index contributed by atoms with van der Waals surface area (Å²) < 4.78 is 27.7. The minimum atomic E-state index is -3.83. The summed E-state index contributed by atoms with van der Waals surface area (Å²) in [5.74, 6) is 2.12. The lowest BCUT2D eigenvalue weighted by molar-refractivity contribution is 0.282. The topological polar surface area (TPSA) is 463 Å². The fourth-order valence-corrected chi connectivity index (χ4v) is 13.6. The Bertz CT molecular complexity index is 5890. The third kappa shape index (κ3) is 22.2. The number of aromatic nitrogens is 14. The van der Waals surface area contributed by atoms with Crippen LogP contribution in [0.3, 0.4) is 0 Å². The largest absolute Gasteiger partial charge is 0.392 e. The Morgan fingerprint density at radius 2 is 0.922 bits per heavy atom. The quantitative estimate of drug-likeness (QED) is 0.0377. The summed E-state index contributed by atoms with van der Waals surface area (Å²) in [6, 6.07) is 51.7. The van der Waals surface area contributed by atoms with Gasteiger partial charge in [0.25, 0.3) is 10.0 Å². The Kier molecular flexibility index (Phi) is 29.4. The summed E-state index contributed by atoms with van der Waals surface area (Å²) in [7, 11) is -2.11. The molecule has 0 unspecified atom stereocenters. The third-order valence-corrected chi connectivity index (χ3v) is 20.2. The van der Waals surface area contributed by atoms with Gasteiger partial charge in [-0.2, -0.15) is 4.98 Å². The lowest BCUT2D eigenvalue weighted by Crippen LogP contribution is -2.11. The van der Waals surface area contributed by atoms with Crippen molar-refractivity contribution in [3.05, 3.63) is 271 Å². The molecule has 0 aliphatic heterocycles. The Morgan fingerprint density at radius 1 is 0.461 bits per heavy atom. The highest BCUT2D eigenvalue weighted by atomic mass is 35.5. The van der Waals surface area contributed by atoms with Gasteiger partial charge < -0.3 is 60.6 Å². The number of H-pyrrole nitrogens is 1. The molecular formula is C86H94ClN23O4S. The van der Waals surface area contributed by atoms with Crippen LogP contribution in [0.5, 0.6) is 0 Å². The van der Waals surface area contributed by atoms with Gasteiger partial charge in [0, 0.05) is 116 Å². The molecule has 6 aromatic carbocycles. The molecule has 115 heavy (non-hydrogen) atoms. The third-order valence-electron chi connectivity index (χ3n) is 18.2. The fourth-order valence-electron chi connectivity index (χ4n) is 12.1. The van der Waals surface area contributed by atoms with Crippen LogP contribution in [0.4, 0.5) is 41.5 Å². The average molecular weight is 1580 g/mol. The van der Waals surface area contributed by atoms with Crippen LogP contribution in [0, 0.1) is 45.4 Å². The molecule has 27 nitrogen and oxygen atoms in total. The van der Waals surface area contributed by atoms with E-state index >= 15 is 0 Å². The van der Waals surface area contributed by atoms with Gasteiger partial charge in [0.1, 0.15) is 5.82 Å². The molecule has 0 fully saturated rings. The molecule has 17 N–H and O–H groups in total. The van der Waals surface area contributed by atoms with Crippen molar-refractivity contribution in [2.45, 2.75) is 113 Å². The normalized spacial score (nSPS) is 10.7. The van der Waals surface area contributed by atoms with Crippen molar-refractivity contribution in [2.75, 3.05) is 46.8 Å². The molecule has 0 bridgehead atoms. The number of aromatic amines is 1. The molecule has 0 aliphatic rings. The van der Waals surface area contributed by atoms with Crippen molar-refractivity contribution in [3.63, 3.8) is 0 Å². The number of aliphatic hydroxyl groups is 1. The van der Waals surface area contributed by atoms with E-state index in [2.05, 4.69) is 102 Å². The van der Waals surface area contributed by atoms with E-state index in [0.717, 1.165) is 161 Å². The number of nitrogens with zero attached hydrogens (tertiary/aromatic N) is 13. The van der Waals surface area contributed by atoms with Crippen molar-refractivity contribution < 1.29 is 13.5 Å². The van der Waals surface area contributed by atoms with Gasteiger partial charge in [0.2, 0.25) is 41.2 Å². The summed E-state index contributed by atoms with van der Waals surface area (Å²) in [4.78, 5) is 64.1. The monoisotopic (exact) mass is 1580 g/mol. The molecule has 8 aromatic heterocycles. The number of para-hydroxylation sites is 1. The standard InChI is InChI=1S/C19H16ClN5O2S.2C15H18N4.C13H15N3O.C13H15N3.C11H12N4O/c1-22-18-10-16(23-19(21)24-18)15-11-25(17-5-3-2-4-14(15)17)28(26,27)13-8-6-12(20)7-9-13;1-4-12-7-14(19-15(17)18-12)13-6-11(8-16)9(2)5-10(13)3;1-4-11-7-14(19-15(17)18-11)12-6-5-9(2)13(8-16)10(12)3;1-2-11-7-12(16-13(14)15-11)10-5-3-9(8-17)4-6-10;1-3-10-8-12(16-13(14)15-10)11-7-5-4-6-9(11)2;1-2-8-5-9(15-11(12)14-8)7-3-4-10(16)13-6-7/h2-11H,1H3,(H3,21,22,23,24);2*5-8,16H,4H2,1-3H3,(H2,17,18,19);3-7,17H,2,8H2,1H3,(H2,14,15,16);4-8H,3H2,1-2H3,(H2,14,15,16);3-6H,2H2,1H3,(H,13,16)(H2,12,14,15). The predicted octanol–water partition coefficient (Wildman–Crippen LogP) is 14.8. The number of benzene rings is 6. The predicted molar refractivity (Wildman–Crippen MR) is 463 cm³/mol. The van der Waals surface area contributed by atoms with Crippen LogP contribution in [0.25, 0.3) is 78.4 Å². The van der Waals surface area contributed by atoms with Crippen molar-refractivity contribution in [1.82, 2.24) is 68.8 Å². The number of rotatable bonds is 17. The number of fused-ring (bicyclic) bond motifs is 1. The van der Waals surface area contributed by atoms with Crippen molar-refractivity contribution in [2.24, 2.45) is 0 Å². The van der Waals surface area contributed by atoms with Gasteiger partial charge in [-0.1, -0.05) is 131 Å². The first-order valence-corrected chi connectivity index (χ1v) is 38.7. The zero-order valence-corrected chi connectivity index (χ0v) is 67.5. The molecule has 8 heterocycles. The van der Waals surface area contributed by atoms with Crippen LogP contribution in [-0.4, -0.2) is 102 Å². The number of nitrogen functional groups attached to an aromatic ring is 6. The van der Waals surface area contributed by atoms with Gasteiger partial charge in [0.05, 0.1) is 51.2 Å². The average Bonchev–Trinajstić information content (AvgIpc) is 1.62. The Balaban J connectivity index is 0.000000160. The smallest absolute Gasteiger partial charge is 0.268 e. The first kappa shape index (κ1) is 85.4. The first-order chi connectivity index (χ1) is 55.1. The second-order valence-corrected chi connectivity index (χ2v) is 28.5. The zero-order chi connectivity index (χ0) is 83.2. The summed E-state index contributed by atoms with van der Waals surface area (Å²) in [6.45, 7) is 20.3. The van der Waals surface area contributed by atoms with Crippen LogP contribution in [0.15, 0.2) is 192 Å². The number of nitrogens with one attached hydrogen (secondary N) is 4. The van der Waals surface area contributed by atoms with Gasteiger partial charge in [-0.15, -0.1) is 0 Å². The molecule has 0 radical (unpaired) electrons. The minimum absolute atomic E-state index is 0.0480. The lowest BCUT2D eigenvalue weighted by Gasteiger charge is -2.11. The molecule has 0 saturated heterocycles. The number of aryl methyl sites for hydroxylation is 9. The van der Waals surface area contributed by atoms with Crippen LogP contribution < -0.4 is 45.3 Å². The number of anilines is 7. The maximum atomic E-state index is 13.2. The van der Waals surface area contributed by atoms with Gasteiger partial charge in [0.15, 0.2) is 0 Å². The Hall–Kier alpha value is -13.6. The van der Waals surface area contributed by atoms with E-state index in [1.54, 1.807) is 55.8 Å². The van der Waals surface area contributed by atoms with E-state index in [1.807, 2.05) is 152 Å². The molecule has 0 amide bonds. The highest BCUT2D eigenvalue weighted by molar-refractivity contribution is 7.90. The summed E-state index contributed by atoms with van der Waals surface area (Å²) >= 11 is 5.90. The van der Waals surface area contributed by atoms with Crippen molar-refractivity contribution >= 4 is 86.5 Å². The zero-order valence-electron chi connectivity index (χ0n) is 66.0. The molecule has 0 spiro atoms. The van der Waals surface area contributed by atoms with E-state index in [0.29, 0.717) is 51.4 Å². The minimum Gasteiger partial charge on any atom is -0.392 e.